The largest absolute Gasteiger partial charge is 0.482 e. The highest BCUT2D eigenvalue weighted by Crippen LogP contribution is 2.33. The van der Waals surface area contributed by atoms with Crippen LogP contribution in [0.3, 0.4) is 0 Å². The summed E-state index contributed by atoms with van der Waals surface area (Å²) in [5, 5.41) is 1.82. The van der Waals surface area contributed by atoms with E-state index in [1.165, 1.54) is 16.2 Å². The van der Waals surface area contributed by atoms with Crippen LogP contribution in [-0.2, 0) is 11.3 Å². The molecule has 0 saturated heterocycles. The third-order valence-corrected chi connectivity index (χ3v) is 5.12. The molecule has 2 unspecified atom stereocenters. The third kappa shape index (κ3) is 2.92. The zero-order valence-electron chi connectivity index (χ0n) is 14.3. The molecule has 0 bridgehead atoms. The number of aromatic nitrogens is 2. The van der Waals surface area contributed by atoms with E-state index >= 15 is 0 Å². The smallest absolute Gasteiger partial charge is 0.268 e. The zero-order valence-corrected chi connectivity index (χ0v) is 15.1. The summed E-state index contributed by atoms with van der Waals surface area (Å²) in [6.07, 6.45) is -1.18. The molecule has 3 heterocycles. The van der Waals surface area contributed by atoms with E-state index in [4.69, 9.17) is 9.47 Å². The predicted molar refractivity (Wildman–Crippen MR) is 97.7 cm³/mol. The molecule has 134 valence electrons. The fourth-order valence-corrected chi connectivity index (χ4v) is 3.63. The van der Waals surface area contributed by atoms with Gasteiger partial charge in [-0.25, -0.2) is 4.98 Å². The third-order valence-electron chi connectivity index (χ3n) is 4.21. The number of nitrogens with zero attached hydrogens (tertiary/aromatic N) is 2. The molecule has 0 spiro atoms. The number of amides is 1. The Morgan fingerprint density at radius 3 is 2.77 bits per heavy atom. The Labute approximate surface area is 153 Å². The van der Waals surface area contributed by atoms with E-state index in [0.29, 0.717) is 27.5 Å². The van der Waals surface area contributed by atoms with E-state index in [-0.39, 0.29) is 18.0 Å². The lowest BCUT2D eigenvalue weighted by Gasteiger charge is -2.33. The van der Waals surface area contributed by atoms with Crippen molar-refractivity contribution in [1.29, 1.82) is 0 Å². The van der Waals surface area contributed by atoms with Crippen molar-refractivity contribution in [3.63, 3.8) is 0 Å². The first kappa shape index (κ1) is 16.6. The van der Waals surface area contributed by atoms with Crippen LogP contribution >= 0.6 is 11.3 Å². The summed E-state index contributed by atoms with van der Waals surface area (Å²) in [6, 6.07) is 9.05. The number of aromatic amines is 1. The number of fused-ring (bicyclic) bond motifs is 2. The van der Waals surface area contributed by atoms with Crippen molar-refractivity contribution in [3.8, 4) is 11.5 Å². The molecule has 1 aromatic carbocycles. The summed E-state index contributed by atoms with van der Waals surface area (Å²) in [7, 11) is 1.65. The fourth-order valence-electron chi connectivity index (χ4n) is 2.91. The lowest BCUT2D eigenvalue weighted by atomic mass is 10.1. The van der Waals surface area contributed by atoms with Crippen molar-refractivity contribution in [1.82, 2.24) is 14.9 Å². The van der Waals surface area contributed by atoms with Gasteiger partial charge in [-0.05, 0) is 30.5 Å². The number of hydrogen-bond donors (Lipinski definition) is 1. The summed E-state index contributed by atoms with van der Waals surface area (Å²) in [4.78, 5) is 33.5. The minimum absolute atomic E-state index is 0.175. The van der Waals surface area contributed by atoms with Crippen LogP contribution in [0.2, 0.25) is 0 Å². The zero-order chi connectivity index (χ0) is 18.3. The number of rotatable bonds is 3. The van der Waals surface area contributed by atoms with Gasteiger partial charge in [-0.2, -0.15) is 0 Å². The van der Waals surface area contributed by atoms with Gasteiger partial charge in [0.2, 0.25) is 6.10 Å². The molecule has 1 amide bonds. The molecule has 1 aliphatic heterocycles. The first-order chi connectivity index (χ1) is 12.5. The van der Waals surface area contributed by atoms with E-state index in [2.05, 4.69) is 9.97 Å². The summed E-state index contributed by atoms with van der Waals surface area (Å²) in [5.41, 5.74) is 0.439. The molecule has 4 rings (SSSR count). The van der Waals surface area contributed by atoms with Gasteiger partial charge in [0.1, 0.15) is 16.6 Å². The molecule has 2 aromatic heterocycles. The Hall–Kier alpha value is -2.87. The van der Waals surface area contributed by atoms with Crippen LogP contribution in [0.1, 0.15) is 12.7 Å². The van der Waals surface area contributed by atoms with Crippen LogP contribution in [0.4, 0.5) is 0 Å². The average molecular weight is 371 g/mol. The summed E-state index contributed by atoms with van der Waals surface area (Å²) < 4.78 is 12.2. The van der Waals surface area contributed by atoms with Crippen molar-refractivity contribution in [2.45, 2.75) is 25.7 Å². The molecule has 0 saturated carbocycles. The first-order valence-electron chi connectivity index (χ1n) is 8.16. The Morgan fingerprint density at radius 1 is 1.27 bits per heavy atom. The molecule has 1 N–H and O–H groups in total. The van der Waals surface area contributed by atoms with Gasteiger partial charge >= 0.3 is 0 Å². The van der Waals surface area contributed by atoms with Crippen LogP contribution in [0.5, 0.6) is 11.5 Å². The van der Waals surface area contributed by atoms with Crippen molar-refractivity contribution in [2.75, 3.05) is 7.05 Å². The summed E-state index contributed by atoms with van der Waals surface area (Å²) >= 11 is 1.34. The summed E-state index contributed by atoms with van der Waals surface area (Å²) in [6.45, 7) is 1.97. The lowest BCUT2D eigenvalue weighted by Crippen LogP contribution is -2.49. The molecule has 8 heteroatoms. The quantitative estimate of drug-likeness (QED) is 0.763. The Bertz CT molecular complexity index is 1030. The van der Waals surface area contributed by atoms with Gasteiger partial charge in [-0.15, -0.1) is 11.3 Å². The molecule has 0 aliphatic carbocycles. The highest BCUT2D eigenvalue weighted by atomic mass is 32.1. The Kier molecular flexibility index (Phi) is 4.12. The number of ether oxygens (including phenoxy) is 2. The maximum atomic E-state index is 12.8. The van der Waals surface area contributed by atoms with Gasteiger partial charge in [0.25, 0.3) is 11.5 Å². The number of carbonyl (C=O) groups is 1. The van der Waals surface area contributed by atoms with Gasteiger partial charge in [-0.3, -0.25) is 9.59 Å². The van der Waals surface area contributed by atoms with Gasteiger partial charge in [-0.1, -0.05) is 12.1 Å². The van der Waals surface area contributed by atoms with Crippen LogP contribution in [0.15, 0.2) is 40.5 Å². The van der Waals surface area contributed by atoms with Crippen molar-refractivity contribution >= 4 is 27.5 Å². The average Bonchev–Trinajstić information content (AvgIpc) is 3.09. The van der Waals surface area contributed by atoms with Gasteiger partial charge in [0.15, 0.2) is 11.5 Å². The lowest BCUT2D eigenvalue weighted by molar-refractivity contribution is -0.143. The van der Waals surface area contributed by atoms with Crippen LogP contribution in [0.25, 0.3) is 10.2 Å². The maximum absolute atomic E-state index is 12.8. The number of benzene rings is 1. The van der Waals surface area contributed by atoms with Crippen molar-refractivity contribution in [2.24, 2.45) is 0 Å². The molecule has 0 radical (unpaired) electrons. The minimum Gasteiger partial charge on any atom is -0.482 e. The van der Waals surface area contributed by atoms with Gasteiger partial charge in [0, 0.05) is 7.05 Å². The fraction of sp³-hybridized carbons (Fsp3) is 0.278. The Morgan fingerprint density at radius 2 is 2.00 bits per heavy atom. The second-order valence-electron chi connectivity index (χ2n) is 6.15. The van der Waals surface area contributed by atoms with Crippen LogP contribution in [0, 0.1) is 0 Å². The first-order valence-corrected chi connectivity index (χ1v) is 9.04. The van der Waals surface area contributed by atoms with Crippen LogP contribution in [-0.4, -0.2) is 40.0 Å². The highest BCUT2D eigenvalue weighted by Gasteiger charge is 2.36. The standard InChI is InChI=1S/C18H17N3O4S/c1-10-15(25-13-6-4-3-5-12(13)24-10)18(23)21(2)9-14-19-11-7-8-26-16(11)17(22)20-14/h3-8,10,15H,9H2,1-2H3,(H,19,20,22). The number of H-pyrrole nitrogens is 1. The minimum atomic E-state index is -0.758. The van der Waals surface area contributed by atoms with E-state index in [0.717, 1.165) is 0 Å². The second-order valence-corrected chi connectivity index (χ2v) is 7.07. The number of nitrogens with one attached hydrogen (secondary N) is 1. The Balaban J connectivity index is 1.53. The topological polar surface area (TPSA) is 84.5 Å². The summed E-state index contributed by atoms with van der Waals surface area (Å²) in [5.74, 6) is 1.37. The number of thiophene rings is 1. The molecular weight excluding hydrogens is 354 g/mol. The predicted octanol–water partition coefficient (Wildman–Crippen LogP) is 2.17. The van der Waals surface area contributed by atoms with E-state index < -0.39 is 12.2 Å². The molecule has 0 fully saturated rings. The number of likely N-dealkylation sites (N-methyl/N-ethyl adjacent to an activating group) is 1. The van der Waals surface area contributed by atoms with Crippen molar-refractivity contribution < 1.29 is 14.3 Å². The van der Waals surface area contributed by atoms with Crippen molar-refractivity contribution in [3.05, 3.63) is 51.9 Å². The monoisotopic (exact) mass is 371 g/mol. The van der Waals surface area contributed by atoms with Crippen LogP contribution < -0.4 is 15.0 Å². The number of para-hydroxylation sites is 2. The molecule has 3 aromatic rings. The molecule has 2 atom stereocenters. The normalized spacial score (nSPS) is 18.7. The maximum Gasteiger partial charge on any atom is 0.268 e. The number of hydrogen-bond acceptors (Lipinski definition) is 6. The molecule has 26 heavy (non-hydrogen) atoms. The van der Waals surface area contributed by atoms with Gasteiger partial charge in [0.05, 0.1) is 12.1 Å². The van der Waals surface area contributed by atoms with E-state index in [1.54, 1.807) is 32.2 Å². The SMILES string of the molecule is CC1Oc2ccccc2OC1C(=O)N(C)Cc1nc2ccsc2c(=O)[nH]1. The van der Waals surface area contributed by atoms with E-state index in [9.17, 15) is 9.59 Å². The highest BCUT2D eigenvalue weighted by molar-refractivity contribution is 7.17. The van der Waals surface area contributed by atoms with E-state index in [1.807, 2.05) is 17.5 Å². The second kappa shape index (κ2) is 6.45. The molecule has 1 aliphatic rings. The molecule has 7 nitrogen and oxygen atoms in total. The number of carbonyl (C=O) groups excluding carboxylic acids is 1. The van der Waals surface area contributed by atoms with Gasteiger partial charge < -0.3 is 19.4 Å². The molecular formula is C18H17N3O4S.